The summed E-state index contributed by atoms with van der Waals surface area (Å²) < 4.78 is 0. The maximum absolute atomic E-state index is 3.74. The van der Waals surface area contributed by atoms with Crippen LogP contribution >= 0.6 is 0 Å². The van der Waals surface area contributed by atoms with Gasteiger partial charge in [0.05, 0.1) is 0 Å². The van der Waals surface area contributed by atoms with Crippen LogP contribution in [0.2, 0.25) is 0 Å². The molecule has 0 amide bonds. The molecule has 2 fully saturated rings. The fourth-order valence-corrected chi connectivity index (χ4v) is 4.32. The first-order valence-electron chi connectivity index (χ1n) is 8.86. The second-order valence-corrected chi connectivity index (χ2v) is 8.59. The number of likely N-dealkylation sites (tertiary alicyclic amines) is 1. The molecule has 3 unspecified atom stereocenters. The van der Waals surface area contributed by atoms with Crippen LogP contribution in [0.5, 0.6) is 0 Å². The highest BCUT2D eigenvalue weighted by atomic mass is 15.2. The zero-order valence-electron chi connectivity index (χ0n) is 14.4. The average molecular weight is 280 g/mol. The quantitative estimate of drug-likeness (QED) is 0.839. The molecule has 2 heteroatoms. The average Bonchev–Trinajstić information content (AvgIpc) is 2.34. The highest BCUT2D eigenvalue weighted by molar-refractivity contribution is 4.89. The monoisotopic (exact) mass is 280 g/mol. The first-order valence-corrected chi connectivity index (χ1v) is 8.86. The highest BCUT2D eigenvalue weighted by Crippen LogP contribution is 2.34. The summed E-state index contributed by atoms with van der Waals surface area (Å²) in [6, 6.07) is 1.62. The lowest BCUT2D eigenvalue weighted by molar-refractivity contribution is 0.0440. The van der Waals surface area contributed by atoms with Crippen LogP contribution in [0.1, 0.15) is 73.1 Å². The van der Waals surface area contributed by atoms with Crippen LogP contribution in [0, 0.1) is 11.8 Å². The van der Waals surface area contributed by atoms with Crippen LogP contribution < -0.4 is 5.32 Å². The van der Waals surface area contributed by atoms with Crippen LogP contribution in [0.15, 0.2) is 0 Å². The highest BCUT2D eigenvalue weighted by Gasteiger charge is 2.33. The predicted octanol–water partition coefficient (Wildman–Crippen LogP) is 4.05. The van der Waals surface area contributed by atoms with Gasteiger partial charge in [-0.15, -0.1) is 0 Å². The molecule has 3 atom stereocenters. The Hall–Kier alpha value is -0.0800. The van der Waals surface area contributed by atoms with E-state index in [4.69, 9.17) is 0 Å². The van der Waals surface area contributed by atoms with E-state index < -0.39 is 0 Å². The van der Waals surface area contributed by atoms with E-state index in [1.54, 1.807) is 0 Å². The molecule has 1 aliphatic heterocycles. The zero-order chi connectivity index (χ0) is 14.8. The molecule has 2 rings (SSSR count). The zero-order valence-corrected chi connectivity index (χ0v) is 14.4. The van der Waals surface area contributed by atoms with E-state index in [2.05, 4.69) is 44.8 Å². The van der Waals surface area contributed by atoms with Crippen molar-refractivity contribution in [1.82, 2.24) is 10.2 Å². The summed E-state index contributed by atoms with van der Waals surface area (Å²) in [7, 11) is 0. The first-order chi connectivity index (χ1) is 9.35. The second kappa shape index (κ2) is 6.79. The Morgan fingerprint density at radius 1 is 1.00 bits per heavy atom. The minimum atomic E-state index is 0.246. The van der Waals surface area contributed by atoms with Gasteiger partial charge in [-0.3, -0.25) is 4.90 Å². The predicted molar refractivity (Wildman–Crippen MR) is 88.1 cm³/mol. The van der Waals surface area contributed by atoms with Gasteiger partial charge in [0.1, 0.15) is 0 Å². The van der Waals surface area contributed by atoms with Crippen molar-refractivity contribution < 1.29 is 0 Å². The van der Waals surface area contributed by atoms with Crippen molar-refractivity contribution in [2.75, 3.05) is 13.1 Å². The fourth-order valence-electron chi connectivity index (χ4n) is 4.32. The van der Waals surface area contributed by atoms with Crippen molar-refractivity contribution in [3.63, 3.8) is 0 Å². The maximum atomic E-state index is 3.74. The van der Waals surface area contributed by atoms with Gasteiger partial charge >= 0.3 is 0 Å². The van der Waals surface area contributed by atoms with Gasteiger partial charge in [-0.1, -0.05) is 20.3 Å². The summed E-state index contributed by atoms with van der Waals surface area (Å²) in [6.07, 6.45) is 8.51. The lowest BCUT2D eigenvalue weighted by atomic mass is 9.78. The Balaban J connectivity index is 1.95. The molecule has 0 aromatic rings. The summed E-state index contributed by atoms with van der Waals surface area (Å²) in [5, 5.41) is 3.74. The summed E-state index contributed by atoms with van der Waals surface area (Å²) in [4.78, 5) is 2.87. The van der Waals surface area contributed by atoms with E-state index in [0.29, 0.717) is 0 Å². The summed E-state index contributed by atoms with van der Waals surface area (Å²) in [5.74, 6) is 1.84. The van der Waals surface area contributed by atoms with E-state index in [-0.39, 0.29) is 5.54 Å². The van der Waals surface area contributed by atoms with Gasteiger partial charge in [-0.2, -0.15) is 0 Å². The van der Waals surface area contributed by atoms with Gasteiger partial charge in [0.15, 0.2) is 0 Å². The number of hydrogen-bond donors (Lipinski definition) is 1. The third-order valence-electron chi connectivity index (χ3n) is 5.16. The normalized spacial score (nSPS) is 37.0. The molecule has 0 radical (unpaired) electrons. The van der Waals surface area contributed by atoms with Crippen molar-refractivity contribution in [1.29, 1.82) is 0 Å². The Kier molecular flexibility index (Phi) is 5.53. The molecule has 0 bridgehead atoms. The molecular weight excluding hydrogens is 244 g/mol. The number of nitrogens with one attached hydrogen (secondary N) is 1. The topological polar surface area (TPSA) is 15.3 Å². The molecule has 2 nitrogen and oxygen atoms in total. The van der Waals surface area contributed by atoms with E-state index in [1.807, 2.05) is 0 Å². The molecule has 0 aromatic heterocycles. The molecule has 1 aliphatic carbocycles. The maximum Gasteiger partial charge on any atom is 0.0223 e. The van der Waals surface area contributed by atoms with Crippen molar-refractivity contribution >= 4 is 0 Å². The Bertz CT molecular complexity index is 284. The van der Waals surface area contributed by atoms with Crippen LogP contribution in [0.3, 0.4) is 0 Å². The number of rotatable bonds is 3. The minimum Gasteiger partial charge on any atom is -0.311 e. The van der Waals surface area contributed by atoms with E-state index in [9.17, 15) is 0 Å². The molecular formula is C18H36N2. The van der Waals surface area contributed by atoms with Crippen LogP contribution in [0.4, 0.5) is 0 Å². The third kappa shape index (κ3) is 4.73. The molecule has 1 N–H and O–H groups in total. The molecule has 118 valence electrons. The Labute approximate surface area is 126 Å². The van der Waals surface area contributed by atoms with Gasteiger partial charge < -0.3 is 5.32 Å². The smallest absolute Gasteiger partial charge is 0.0223 e. The minimum absolute atomic E-state index is 0.246. The van der Waals surface area contributed by atoms with Gasteiger partial charge in [0.25, 0.3) is 0 Å². The van der Waals surface area contributed by atoms with E-state index >= 15 is 0 Å². The number of nitrogens with zero attached hydrogens (tertiary/aromatic N) is 1. The third-order valence-corrected chi connectivity index (χ3v) is 5.16. The molecule has 1 saturated heterocycles. The molecule has 20 heavy (non-hydrogen) atoms. The van der Waals surface area contributed by atoms with Gasteiger partial charge in [0.2, 0.25) is 0 Å². The standard InChI is InChI=1S/C18H36N2/c1-14-10-15(2)12-17(11-14)20-9-7-6-8-16(20)13-19-18(3,4)5/h14-17,19H,6-13H2,1-5H3. The lowest BCUT2D eigenvalue weighted by Gasteiger charge is -2.46. The van der Waals surface area contributed by atoms with Crippen molar-refractivity contribution in [3.05, 3.63) is 0 Å². The van der Waals surface area contributed by atoms with Crippen molar-refractivity contribution in [2.45, 2.75) is 90.8 Å². The number of piperidine rings is 1. The molecule has 2 aliphatic rings. The molecule has 1 heterocycles. The fraction of sp³-hybridized carbons (Fsp3) is 1.00. The summed E-state index contributed by atoms with van der Waals surface area (Å²) in [6.45, 7) is 14.3. The largest absolute Gasteiger partial charge is 0.311 e. The SMILES string of the molecule is CC1CC(C)CC(N2CCCCC2CNC(C)(C)C)C1. The van der Waals surface area contributed by atoms with Crippen LogP contribution in [-0.2, 0) is 0 Å². The van der Waals surface area contributed by atoms with Crippen LogP contribution in [-0.4, -0.2) is 35.6 Å². The Morgan fingerprint density at radius 2 is 1.65 bits per heavy atom. The van der Waals surface area contributed by atoms with Gasteiger partial charge in [-0.05, 0) is 71.3 Å². The molecule has 0 spiro atoms. The van der Waals surface area contributed by atoms with Crippen molar-refractivity contribution in [2.24, 2.45) is 11.8 Å². The molecule has 0 aromatic carbocycles. The van der Waals surface area contributed by atoms with Gasteiger partial charge in [0, 0.05) is 24.2 Å². The van der Waals surface area contributed by atoms with E-state index in [0.717, 1.165) is 23.9 Å². The van der Waals surface area contributed by atoms with E-state index in [1.165, 1.54) is 51.6 Å². The van der Waals surface area contributed by atoms with Crippen molar-refractivity contribution in [3.8, 4) is 0 Å². The lowest BCUT2D eigenvalue weighted by Crippen LogP contribution is -2.54. The summed E-state index contributed by atoms with van der Waals surface area (Å²) >= 11 is 0. The second-order valence-electron chi connectivity index (χ2n) is 8.59. The first kappa shape index (κ1) is 16.3. The molecule has 1 saturated carbocycles. The summed E-state index contributed by atoms with van der Waals surface area (Å²) in [5.41, 5.74) is 0.246. The Morgan fingerprint density at radius 3 is 2.25 bits per heavy atom. The van der Waals surface area contributed by atoms with Crippen LogP contribution in [0.25, 0.3) is 0 Å². The van der Waals surface area contributed by atoms with Gasteiger partial charge in [-0.25, -0.2) is 0 Å². The number of hydrogen-bond acceptors (Lipinski definition) is 2.